The van der Waals surface area contributed by atoms with Crippen LogP contribution in [0.25, 0.3) is 0 Å². The number of anilines is 3. The summed E-state index contributed by atoms with van der Waals surface area (Å²) in [6.45, 7) is 2.23. The van der Waals surface area contributed by atoms with Gasteiger partial charge in [0.25, 0.3) is 5.91 Å². The monoisotopic (exact) mass is 363 g/mol. The van der Waals surface area contributed by atoms with Crippen LogP contribution in [-0.2, 0) is 16.0 Å². The summed E-state index contributed by atoms with van der Waals surface area (Å²) in [5.41, 5.74) is 3.76. The van der Waals surface area contributed by atoms with Crippen LogP contribution in [0.5, 0.6) is 0 Å². The molecule has 2 aromatic carbocycles. The smallest absolute Gasteiger partial charge is 0.255 e. The van der Waals surface area contributed by atoms with Crippen molar-refractivity contribution in [2.24, 2.45) is 5.92 Å². The van der Waals surface area contributed by atoms with Gasteiger partial charge in [-0.25, -0.2) is 0 Å². The number of hydrogen-bond acceptors (Lipinski definition) is 3. The van der Waals surface area contributed by atoms with E-state index in [0.717, 1.165) is 30.5 Å². The molecular weight excluding hydrogens is 342 g/mol. The number of amides is 3. The summed E-state index contributed by atoms with van der Waals surface area (Å²) in [6, 6.07) is 12.5. The van der Waals surface area contributed by atoms with E-state index in [1.165, 1.54) is 0 Å². The zero-order valence-corrected chi connectivity index (χ0v) is 15.1. The topological polar surface area (TPSA) is 78.5 Å². The molecular formula is C21H21N3O3. The van der Waals surface area contributed by atoms with Crippen LogP contribution >= 0.6 is 0 Å². The van der Waals surface area contributed by atoms with Crippen molar-refractivity contribution >= 4 is 34.8 Å². The van der Waals surface area contributed by atoms with Crippen molar-refractivity contribution in [1.29, 1.82) is 0 Å². The number of carbonyl (C=O) groups excluding carboxylic acids is 3. The molecule has 0 saturated heterocycles. The Morgan fingerprint density at radius 2 is 1.78 bits per heavy atom. The van der Waals surface area contributed by atoms with Crippen LogP contribution in [0, 0.1) is 5.92 Å². The van der Waals surface area contributed by atoms with E-state index in [2.05, 4.69) is 10.6 Å². The van der Waals surface area contributed by atoms with Crippen molar-refractivity contribution in [3.05, 3.63) is 53.6 Å². The molecule has 2 N–H and O–H groups in total. The van der Waals surface area contributed by atoms with E-state index in [9.17, 15) is 14.4 Å². The molecule has 1 aliphatic heterocycles. The number of benzene rings is 2. The van der Waals surface area contributed by atoms with E-state index in [1.807, 2.05) is 12.1 Å². The molecule has 0 bridgehead atoms. The molecule has 27 heavy (non-hydrogen) atoms. The molecule has 0 radical (unpaired) electrons. The van der Waals surface area contributed by atoms with Gasteiger partial charge in [0, 0.05) is 42.0 Å². The zero-order chi connectivity index (χ0) is 19.0. The lowest BCUT2D eigenvalue weighted by Gasteiger charge is -2.15. The largest absolute Gasteiger partial charge is 0.326 e. The minimum absolute atomic E-state index is 0.0150. The molecule has 1 aliphatic carbocycles. The van der Waals surface area contributed by atoms with Gasteiger partial charge >= 0.3 is 0 Å². The number of carbonyl (C=O) groups is 3. The van der Waals surface area contributed by atoms with Crippen molar-refractivity contribution in [3.63, 3.8) is 0 Å². The van der Waals surface area contributed by atoms with Gasteiger partial charge in [-0.2, -0.15) is 0 Å². The van der Waals surface area contributed by atoms with Crippen molar-refractivity contribution < 1.29 is 14.4 Å². The zero-order valence-electron chi connectivity index (χ0n) is 15.1. The first-order chi connectivity index (χ1) is 13.0. The Bertz CT molecular complexity index is 934. The molecule has 0 atom stereocenters. The first kappa shape index (κ1) is 17.3. The average Bonchev–Trinajstić information content (AvgIpc) is 3.41. The number of nitrogens with one attached hydrogen (secondary N) is 2. The summed E-state index contributed by atoms with van der Waals surface area (Å²) in [5.74, 6) is -0.0841. The van der Waals surface area contributed by atoms with Gasteiger partial charge in [-0.15, -0.1) is 0 Å². The lowest BCUT2D eigenvalue weighted by molar-refractivity contribution is -0.117. The third-order valence-electron chi connectivity index (χ3n) is 4.95. The summed E-state index contributed by atoms with van der Waals surface area (Å²) in [4.78, 5) is 37.9. The Morgan fingerprint density at radius 3 is 2.52 bits per heavy atom. The van der Waals surface area contributed by atoms with Gasteiger partial charge in [0.15, 0.2) is 0 Å². The highest BCUT2D eigenvalue weighted by Gasteiger charge is 2.29. The number of fused-ring (bicyclic) bond motifs is 1. The fourth-order valence-electron chi connectivity index (χ4n) is 3.34. The van der Waals surface area contributed by atoms with Crippen LogP contribution in [0.15, 0.2) is 42.5 Å². The van der Waals surface area contributed by atoms with Crippen LogP contribution in [0.3, 0.4) is 0 Å². The van der Waals surface area contributed by atoms with Gasteiger partial charge in [-0.05, 0) is 61.2 Å². The third kappa shape index (κ3) is 3.69. The predicted octanol–water partition coefficient (Wildman–Crippen LogP) is 3.20. The van der Waals surface area contributed by atoms with Crippen LogP contribution < -0.4 is 15.5 Å². The lowest BCUT2D eigenvalue weighted by Crippen LogP contribution is -2.25. The van der Waals surface area contributed by atoms with Gasteiger partial charge in [-0.3, -0.25) is 14.4 Å². The molecule has 1 heterocycles. The fourth-order valence-corrected chi connectivity index (χ4v) is 3.34. The van der Waals surface area contributed by atoms with Crippen LogP contribution in [-0.4, -0.2) is 24.3 Å². The number of rotatable bonds is 4. The Kier molecular flexibility index (Phi) is 4.39. The molecule has 2 aliphatic rings. The molecule has 0 aromatic heterocycles. The normalized spacial score (nSPS) is 15.2. The highest BCUT2D eigenvalue weighted by Crippen LogP contribution is 2.31. The molecule has 1 saturated carbocycles. The maximum atomic E-state index is 12.6. The summed E-state index contributed by atoms with van der Waals surface area (Å²) >= 11 is 0. The minimum atomic E-state index is -0.237. The Labute approximate surface area is 157 Å². The molecule has 138 valence electrons. The van der Waals surface area contributed by atoms with E-state index in [1.54, 1.807) is 42.2 Å². The Hall–Kier alpha value is -3.15. The van der Waals surface area contributed by atoms with E-state index in [-0.39, 0.29) is 23.6 Å². The third-order valence-corrected chi connectivity index (χ3v) is 4.95. The SMILES string of the molecule is CC(=O)N1CCc2cc(NC(=O)c3cccc(NC(=O)C4CC4)c3)ccc21. The first-order valence-electron chi connectivity index (χ1n) is 9.14. The van der Waals surface area contributed by atoms with Crippen molar-refractivity contribution in [1.82, 2.24) is 0 Å². The second-order valence-electron chi connectivity index (χ2n) is 7.06. The second-order valence-corrected chi connectivity index (χ2v) is 7.06. The predicted molar refractivity (Wildman–Crippen MR) is 104 cm³/mol. The van der Waals surface area contributed by atoms with Crippen LogP contribution in [0.2, 0.25) is 0 Å². The quantitative estimate of drug-likeness (QED) is 0.876. The van der Waals surface area contributed by atoms with E-state index < -0.39 is 0 Å². The molecule has 6 heteroatoms. The van der Waals surface area contributed by atoms with Gasteiger partial charge in [0.2, 0.25) is 11.8 Å². The lowest BCUT2D eigenvalue weighted by atomic mass is 10.1. The number of nitrogens with zero attached hydrogens (tertiary/aromatic N) is 1. The average molecular weight is 363 g/mol. The Morgan fingerprint density at radius 1 is 1.00 bits per heavy atom. The second kappa shape index (κ2) is 6.87. The van der Waals surface area contributed by atoms with Crippen molar-refractivity contribution in [2.45, 2.75) is 26.2 Å². The fraction of sp³-hybridized carbons (Fsp3) is 0.286. The summed E-state index contributed by atoms with van der Waals surface area (Å²) in [5, 5.41) is 5.75. The molecule has 0 spiro atoms. The molecule has 6 nitrogen and oxygen atoms in total. The summed E-state index contributed by atoms with van der Waals surface area (Å²) in [6.07, 6.45) is 2.65. The van der Waals surface area contributed by atoms with Crippen molar-refractivity contribution in [3.8, 4) is 0 Å². The minimum Gasteiger partial charge on any atom is -0.326 e. The van der Waals surface area contributed by atoms with E-state index in [4.69, 9.17) is 0 Å². The van der Waals surface area contributed by atoms with Crippen LogP contribution in [0.1, 0.15) is 35.7 Å². The van der Waals surface area contributed by atoms with E-state index in [0.29, 0.717) is 23.5 Å². The molecule has 4 rings (SSSR count). The van der Waals surface area contributed by atoms with Gasteiger partial charge in [0.1, 0.15) is 0 Å². The first-order valence-corrected chi connectivity index (χ1v) is 9.14. The van der Waals surface area contributed by atoms with Crippen LogP contribution in [0.4, 0.5) is 17.1 Å². The maximum Gasteiger partial charge on any atom is 0.255 e. The molecule has 2 aromatic rings. The highest BCUT2D eigenvalue weighted by molar-refractivity contribution is 6.06. The standard InChI is InChI=1S/C21H21N3O3/c1-13(25)24-10-9-15-11-18(7-8-19(15)24)23-21(27)16-3-2-4-17(12-16)22-20(26)14-5-6-14/h2-4,7-8,11-12,14H,5-6,9-10H2,1H3,(H,22,26)(H,23,27). The highest BCUT2D eigenvalue weighted by atomic mass is 16.2. The van der Waals surface area contributed by atoms with Crippen molar-refractivity contribution in [2.75, 3.05) is 22.1 Å². The molecule has 1 fully saturated rings. The molecule has 0 unspecified atom stereocenters. The van der Waals surface area contributed by atoms with Gasteiger partial charge in [0.05, 0.1) is 0 Å². The maximum absolute atomic E-state index is 12.6. The van der Waals surface area contributed by atoms with Gasteiger partial charge in [-0.1, -0.05) is 6.07 Å². The molecule has 3 amide bonds. The van der Waals surface area contributed by atoms with E-state index >= 15 is 0 Å². The summed E-state index contributed by atoms with van der Waals surface area (Å²) < 4.78 is 0. The van der Waals surface area contributed by atoms with Gasteiger partial charge < -0.3 is 15.5 Å². The summed E-state index contributed by atoms with van der Waals surface area (Å²) in [7, 11) is 0. The Balaban J connectivity index is 1.46. The number of hydrogen-bond donors (Lipinski definition) is 2.